The van der Waals surface area contributed by atoms with Crippen LogP contribution in [0.3, 0.4) is 0 Å². The minimum absolute atomic E-state index is 0.128. The molecule has 0 aliphatic heterocycles. The van der Waals surface area contributed by atoms with Gasteiger partial charge in [0.1, 0.15) is 0 Å². The Morgan fingerprint density at radius 3 is 2.30 bits per heavy atom. The number of amides is 2. The molecule has 27 heavy (non-hydrogen) atoms. The van der Waals surface area contributed by atoms with Gasteiger partial charge < -0.3 is 20.1 Å². The number of nitrogens with one attached hydrogen (secondary N) is 2. The normalized spacial score (nSPS) is 11.4. The van der Waals surface area contributed by atoms with E-state index >= 15 is 0 Å². The summed E-state index contributed by atoms with van der Waals surface area (Å²) in [6.07, 6.45) is 0.719. The summed E-state index contributed by atoms with van der Waals surface area (Å²) in [5.41, 5.74) is 1.34. The van der Waals surface area contributed by atoms with E-state index in [0.29, 0.717) is 22.1 Å². The number of ether oxygens (including phenoxy) is 2. The first-order valence-corrected chi connectivity index (χ1v) is 8.91. The van der Waals surface area contributed by atoms with Crippen molar-refractivity contribution in [1.29, 1.82) is 0 Å². The Kier molecular flexibility index (Phi) is 7.49. The third-order valence-electron chi connectivity index (χ3n) is 4.07. The summed E-state index contributed by atoms with van der Waals surface area (Å²) in [5, 5.41) is 6.16. The number of carbonyl (C=O) groups excluding carboxylic acids is 2. The summed E-state index contributed by atoms with van der Waals surface area (Å²) < 4.78 is 10.3. The number of hydrogen-bond donors (Lipinski definition) is 2. The molecule has 6 nitrogen and oxygen atoms in total. The van der Waals surface area contributed by atoms with Crippen molar-refractivity contribution in [3.05, 3.63) is 58.6 Å². The molecule has 0 aliphatic rings. The number of benzene rings is 2. The van der Waals surface area contributed by atoms with Gasteiger partial charge >= 0.3 is 0 Å². The molecule has 0 saturated carbocycles. The molecular formula is C20H23ClN2O4. The highest BCUT2D eigenvalue weighted by atomic mass is 35.5. The zero-order chi connectivity index (χ0) is 19.8. The van der Waals surface area contributed by atoms with E-state index in [-0.39, 0.29) is 24.4 Å². The van der Waals surface area contributed by atoms with Gasteiger partial charge in [0.2, 0.25) is 5.91 Å². The first kappa shape index (κ1) is 20.6. The van der Waals surface area contributed by atoms with E-state index in [1.807, 2.05) is 19.1 Å². The second-order valence-corrected chi connectivity index (χ2v) is 6.27. The van der Waals surface area contributed by atoms with Crippen LogP contribution in [0.2, 0.25) is 5.02 Å². The van der Waals surface area contributed by atoms with E-state index < -0.39 is 0 Å². The van der Waals surface area contributed by atoms with Gasteiger partial charge in [-0.05, 0) is 42.3 Å². The molecule has 0 radical (unpaired) electrons. The summed E-state index contributed by atoms with van der Waals surface area (Å²) in [6, 6.07) is 12.0. The third kappa shape index (κ3) is 5.62. The van der Waals surface area contributed by atoms with Crippen molar-refractivity contribution >= 4 is 23.4 Å². The minimum atomic E-state index is -0.370. The van der Waals surface area contributed by atoms with Crippen LogP contribution in [0.5, 0.6) is 11.5 Å². The van der Waals surface area contributed by atoms with Crippen molar-refractivity contribution in [2.24, 2.45) is 0 Å². The lowest BCUT2D eigenvalue weighted by Gasteiger charge is -2.18. The largest absolute Gasteiger partial charge is 0.493 e. The van der Waals surface area contributed by atoms with Crippen molar-refractivity contribution < 1.29 is 19.1 Å². The molecule has 0 fully saturated rings. The Hall–Kier alpha value is -2.73. The summed E-state index contributed by atoms with van der Waals surface area (Å²) >= 11 is 5.90. The number of hydrogen-bond acceptors (Lipinski definition) is 4. The summed E-state index contributed by atoms with van der Waals surface area (Å²) in [5.74, 6) is 0.334. The molecule has 0 heterocycles. The minimum Gasteiger partial charge on any atom is -0.493 e. The molecule has 0 aromatic heterocycles. The molecule has 2 N–H and O–H groups in total. The highest BCUT2D eigenvalue weighted by molar-refractivity contribution is 6.30. The molecule has 144 valence electrons. The Morgan fingerprint density at radius 2 is 1.70 bits per heavy atom. The SMILES string of the molecule is CCC(NC(=O)CNC(=O)c1ccc(OC)c(OC)c1)c1ccc(Cl)cc1. The van der Waals surface area contributed by atoms with Gasteiger partial charge in [0, 0.05) is 10.6 Å². The molecule has 0 saturated heterocycles. The second-order valence-electron chi connectivity index (χ2n) is 5.83. The molecule has 2 rings (SSSR count). The quantitative estimate of drug-likeness (QED) is 0.724. The molecule has 2 aromatic rings. The van der Waals surface area contributed by atoms with Crippen molar-refractivity contribution in [1.82, 2.24) is 10.6 Å². The Labute approximate surface area is 163 Å². The molecule has 0 aliphatic carbocycles. The maximum Gasteiger partial charge on any atom is 0.251 e. The van der Waals surface area contributed by atoms with Crippen LogP contribution in [0.15, 0.2) is 42.5 Å². The average molecular weight is 391 g/mol. The van der Waals surface area contributed by atoms with E-state index in [9.17, 15) is 9.59 Å². The summed E-state index contributed by atoms with van der Waals surface area (Å²) in [4.78, 5) is 24.5. The lowest BCUT2D eigenvalue weighted by molar-refractivity contribution is -0.120. The highest BCUT2D eigenvalue weighted by Gasteiger charge is 2.15. The van der Waals surface area contributed by atoms with Crippen molar-refractivity contribution in [3.8, 4) is 11.5 Å². The van der Waals surface area contributed by atoms with Crippen LogP contribution in [0.25, 0.3) is 0 Å². The van der Waals surface area contributed by atoms with Crippen molar-refractivity contribution in [2.75, 3.05) is 20.8 Å². The van der Waals surface area contributed by atoms with Crippen LogP contribution in [-0.2, 0) is 4.79 Å². The zero-order valence-electron chi connectivity index (χ0n) is 15.5. The number of carbonyl (C=O) groups is 2. The van der Waals surface area contributed by atoms with E-state index in [1.54, 1.807) is 30.3 Å². The fourth-order valence-corrected chi connectivity index (χ4v) is 2.73. The van der Waals surface area contributed by atoms with Crippen LogP contribution in [0.1, 0.15) is 35.3 Å². The van der Waals surface area contributed by atoms with Gasteiger partial charge in [-0.3, -0.25) is 9.59 Å². The van der Waals surface area contributed by atoms with Gasteiger partial charge in [0.25, 0.3) is 5.91 Å². The Balaban J connectivity index is 1.94. The van der Waals surface area contributed by atoms with Gasteiger partial charge in [-0.1, -0.05) is 30.7 Å². The van der Waals surface area contributed by atoms with Crippen LogP contribution >= 0.6 is 11.6 Å². The molecule has 0 spiro atoms. The standard InChI is InChI=1S/C20H23ClN2O4/c1-4-16(13-5-8-15(21)9-6-13)23-19(24)12-22-20(25)14-7-10-17(26-2)18(11-14)27-3/h5-11,16H,4,12H2,1-3H3,(H,22,25)(H,23,24). The lowest BCUT2D eigenvalue weighted by atomic mass is 10.0. The Bertz CT molecular complexity index is 793. The van der Waals surface area contributed by atoms with Gasteiger partial charge in [0.15, 0.2) is 11.5 Å². The van der Waals surface area contributed by atoms with Gasteiger partial charge in [-0.15, -0.1) is 0 Å². The molecule has 2 aromatic carbocycles. The van der Waals surface area contributed by atoms with E-state index in [1.165, 1.54) is 14.2 Å². The molecule has 1 atom stereocenters. The molecule has 1 unspecified atom stereocenters. The van der Waals surface area contributed by atoms with E-state index in [4.69, 9.17) is 21.1 Å². The molecule has 0 bridgehead atoms. The Morgan fingerprint density at radius 1 is 1.04 bits per heavy atom. The highest BCUT2D eigenvalue weighted by Crippen LogP contribution is 2.27. The average Bonchev–Trinajstić information content (AvgIpc) is 2.70. The fourth-order valence-electron chi connectivity index (χ4n) is 2.60. The van der Waals surface area contributed by atoms with Crippen molar-refractivity contribution in [3.63, 3.8) is 0 Å². The van der Waals surface area contributed by atoms with Crippen LogP contribution in [0.4, 0.5) is 0 Å². The number of methoxy groups -OCH3 is 2. The van der Waals surface area contributed by atoms with Gasteiger partial charge in [-0.25, -0.2) is 0 Å². The third-order valence-corrected chi connectivity index (χ3v) is 4.32. The maximum atomic E-state index is 12.3. The van der Waals surface area contributed by atoms with Gasteiger partial charge in [0.05, 0.1) is 26.8 Å². The van der Waals surface area contributed by atoms with E-state index in [0.717, 1.165) is 12.0 Å². The van der Waals surface area contributed by atoms with E-state index in [2.05, 4.69) is 10.6 Å². The number of rotatable bonds is 8. The zero-order valence-corrected chi connectivity index (χ0v) is 16.3. The monoisotopic (exact) mass is 390 g/mol. The molecule has 7 heteroatoms. The van der Waals surface area contributed by atoms with Crippen LogP contribution in [0, 0.1) is 0 Å². The predicted molar refractivity (Wildman–Crippen MR) is 105 cm³/mol. The second kappa shape index (κ2) is 9.83. The first-order chi connectivity index (χ1) is 13.0. The predicted octanol–water partition coefficient (Wildman–Crippen LogP) is 3.35. The molecule has 2 amide bonds. The molecular weight excluding hydrogens is 368 g/mol. The van der Waals surface area contributed by atoms with Crippen LogP contribution < -0.4 is 20.1 Å². The lowest BCUT2D eigenvalue weighted by Crippen LogP contribution is -2.38. The van der Waals surface area contributed by atoms with Crippen LogP contribution in [-0.4, -0.2) is 32.6 Å². The van der Waals surface area contributed by atoms with Crippen molar-refractivity contribution in [2.45, 2.75) is 19.4 Å². The smallest absolute Gasteiger partial charge is 0.251 e. The van der Waals surface area contributed by atoms with Gasteiger partial charge in [-0.2, -0.15) is 0 Å². The topological polar surface area (TPSA) is 76.7 Å². The number of halogens is 1. The maximum absolute atomic E-state index is 12.3. The fraction of sp³-hybridized carbons (Fsp3) is 0.300. The summed E-state index contributed by atoms with van der Waals surface area (Å²) in [7, 11) is 3.02. The first-order valence-electron chi connectivity index (χ1n) is 8.53. The summed E-state index contributed by atoms with van der Waals surface area (Å²) in [6.45, 7) is 1.85.